The van der Waals surface area contributed by atoms with E-state index in [0.717, 1.165) is 42.3 Å². The summed E-state index contributed by atoms with van der Waals surface area (Å²) >= 11 is 0. The van der Waals surface area contributed by atoms with Gasteiger partial charge < -0.3 is 20.2 Å². The quantitative estimate of drug-likeness (QED) is 0.600. The van der Waals surface area contributed by atoms with Crippen LogP contribution in [0.15, 0.2) is 47.5 Å². The second-order valence-electron chi connectivity index (χ2n) is 7.67. The van der Waals surface area contributed by atoms with Gasteiger partial charge in [0, 0.05) is 43.6 Å². The fourth-order valence-corrected chi connectivity index (χ4v) is 4.29. The Kier molecular flexibility index (Phi) is 5.76. The van der Waals surface area contributed by atoms with Crippen LogP contribution in [0, 0.1) is 0 Å². The van der Waals surface area contributed by atoms with Crippen molar-refractivity contribution >= 4 is 16.9 Å². The lowest BCUT2D eigenvalue weighted by Gasteiger charge is -2.37. The van der Waals surface area contributed by atoms with Gasteiger partial charge in [-0.3, -0.25) is 14.6 Å². The Balaban J connectivity index is 1.42. The minimum atomic E-state index is -0.0820. The molecule has 3 N–H and O–H groups in total. The molecule has 0 bridgehead atoms. The molecule has 0 spiro atoms. The van der Waals surface area contributed by atoms with Crippen molar-refractivity contribution in [2.75, 3.05) is 6.54 Å². The maximum absolute atomic E-state index is 13.2. The fraction of sp³-hybridized carbons (Fsp3) is 0.409. The molecule has 29 heavy (non-hydrogen) atoms. The van der Waals surface area contributed by atoms with Crippen molar-refractivity contribution in [3.63, 3.8) is 0 Å². The maximum Gasteiger partial charge on any atom is 0.270 e. The molecule has 1 aliphatic carbocycles. The number of carbonyl (C=O) groups excluding carboxylic acids is 1. The molecule has 7 nitrogen and oxygen atoms in total. The molecule has 1 saturated carbocycles. The van der Waals surface area contributed by atoms with Crippen molar-refractivity contribution in [2.24, 2.45) is 0 Å². The maximum atomic E-state index is 13.2. The van der Waals surface area contributed by atoms with Gasteiger partial charge in [0.15, 0.2) is 0 Å². The Bertz CT molecular complexity index is 1010. The van der Waals surface area contributed by atoms with E-state index in [1.165, 1.54) is 0 Å². The van der Waals surface area contributed by atoms with Crippen LogP contribution in [-0.2, 0) is 6.54 Å². The minimum absolute atomic E-state index is 0.0331. The Morgan fingerprint density at radius 3 is 3.00 bits per heavy atom. The molecular formula is C22H27N5O2. The topological polar surface area (TPSA) is 93.9 Å². The average Bonchev–Trinajstić information content (AvgIpc) is 3.17. The third kappa shape index (κ3) is 4.40. The summed E-state index contributed by atoms with van der Waals surface area (Å²) < 4.78 is 0. The number of hydrogen-bond donors (Lipinski definition) is 3. The molecule has 0 aliphatic heterocycles. The highest BCUT2D eigenvalue weighted by molar-refractivity contribution is 5.97. The summed E-state index contributed by atoms with van der Waals surface area (Å²) in [6.45, 7) is 3.37. The molecule has 1 aliphatic rings. The van der Waals surface area contributed by atoms with Crippen LogP contribution in [0.1, 0.15) is 48.7 Å². The van der Waals surface area contributed by atoms with E-state index in [2.05, 4.69) is 20.3 Å². The first-order valence-corrected chi connectivity index (χ1v) is 10.3. The lowest BCUT2D eigenvalue weighted by molar-refractivity contribution is 0.0623. The highest BCUT2D eigenvalue weighted by Crippen LogP contribution is 2.25. The van der Waals surface area contributed by atoms with Crippen LogP contribution < -0.4 is 10.9 Å². The van der Waals surface area contributed by atoms with Crippen LogP contribution in [0.5, 0.6) is 0 Å². The van der Waals surface area contributed by atoms with Crippen molar-refractivity contribution in [3.8, 4) is 0 Å². The predicted octanol–water partition coefficient (Wildman–Crippen LogP) is 2.81. The van der Waals surface area contributed by atoms with E-state index in [-0.39, 0.29) is 17.5 Å². The van der Waals surface area contributed by atoms with Crippen molar-refractivity contribution in [1.82, 2.24) is 25.2 Å². The Morgan fingerprint density at radius 1 is 1.31 bits per heavy atom. The normalized spacial score (nSPS) is 19.3. The number of carbonyl (C=O) groups is 1. The third-order valence-corrected chi connectivity index (χ3v) is 5.74. The van der Waals surface area contributed by atoms with E-state index < -0.39 is 0 Å². The number of pyridine rings is 2. The van der Waals surface area contributed by atoms with Gasteiger partial charge in [-0.05, 0) is 62.4 Å². The number of H-pyrrole nitrogens is 2. The zero-order valence-electron chi connectivity index (χ0n) is 16.6. The van der Waals surface area contributed by atoms with Crippen molar-refractivity contribution in [1.29, 1.82) is 0 Å². The number of fused-ring (bicyclic) bond motifs is 1. The summed E-state index contributed by atoms with van der Waals surface area (Å²) in [6.07, 6.45) is 7.51. The van der Waals surface area contributed by atoms with E-state index >= 15 is 0 Å². The van der Waals surface area contributed by atoms with E-state index in [0.29, 0.717) is 24.8 Å². The number of hydrogen-bond acceptors (Lipinski definition) is 4. The van der Waals surface area contributed by atoms with Gasteiger partial charge in [0.05, 0.1) is 11.0 Å². The van der Waals surface area contributed by atoms with E-state index in [1.807, 2.05) is 36.1 Å². The lowest BCUT2D eigenvalue weighted by atomic mass is 9.89. The second-order valence-corrected chi connectivity index (χ2v) is 7.67. The summed E-state index contributed by atoms with van der Waals surface area (Å²) in [7, 11) is 0. The summed E-state index contributed by atoms with van der Waals surface area (Å²) in [6, 6.07) is 9.72. The fourth-order valence-electron chi connectivity index (χ4n) is 4.29. The molecule has 0 unspecified atom stereocenters. The molecule has 0 aromatic carbocycles. The molecular weight excluding hydrogens is 366 g/mol. The van der Waals surface area contributed by atoms with Crippen LogP contribution in [0.4, 0.5) is 0 Å². The van der Waals surface area contributed by atoms with E-state index in [1.54, 1.807) is 18.5 Å². The minimum Gasteiger partial charge on any atom is -0.349 e. The molecule has 0 radical (unpaired) electrons. The molecule has 2 atom stereocenters. The van der Waals surface area contributed by atoms with Gasteiger partial charge in [-0.2, -0.15) is 0 Å². The molecule has 1 fully saturated rings. The number of amides is 1. The van der Waals surface area contributed by atoms with E-state index in [4.69, 9.17) is 0 Å². The molecule has 1 amide bonds. The summed E-state index contributed by atoms with van der Waals surface area (Å²) in [4.78, 5) is 36.8. The number of nitrogens with one attached hydrogen (secondary N) is 3. The molecule has 0 saturated heterocycles. The molecule has 4 rings (SSSR count). The van der Waals surface area contributed by atoms with Gasteiger partial charge in [-0.25, -0.2) is 0 Å². The van der Waals surface area contributed by atoms with Crippen LogP contribution in [-0.4, -0.2) is 44.4 Å². The highest BCUT2D eigenvalue weighted by Gasteiger charge is 2.30. The van der Waals surface area contributed by atoms with Crippen LogP contribution in [0.3, 0.4) is 0 Å². The van der Waals surface area contributed by atoms with Gasteiger partial charge in [0.25, 0.3) is 5.91 Å². The highest BCUT2D eigenvalue weighted by atomic mass is 16.2. The van der Waals surface area contributed by atoms with Crippen LogP contribution in [0.2, 0.25) is 0 Å². The first-order chi connectivity index (χ1) is 14.1. The average molecular weight is 393 g/mol. The van der Waals surface area contributed by atoms with Gasteiger partial charge in [-0.1, -0.05) is 0 Å². The number of aromatic nitrogens is 3. The van der Waals surface area contributed by atoms with Gasteiger partial charge in [0.2, 0.25) is 5.56 Å². The first kappa shape index (κ1) is 19.4. The Morgan fingerprint density at radius 2 is 2.21 bits per heavy atom. The first-order valence-electron chi connectivity index (χ1n) is 10.3. The lowest BCUT2D eigenvalue weighted by Crippen LogP contribution is -2.46. The molecule has 3 aromatic rings. The van der Waals surface area contributed by atoms with Gasteiger partial charge in [-0.15, -0.1) is 0 Å². The molecule has 152 valence electrons. The number of nitrogens with zero attached hydrogens (tertiary/aromatic N) is 2. The van der Waals surface area contributed by atoms with Crippen molar-refractivity contribution in [2.45, 2.75) is 51.2 Å². The third-order valence-electron chi connectivity index (χ3n) is 5.74. The largest absolute Gasteiger partial charge is 0.349 e. The van der Waals surface area contributed by atoms with Gasteiger partial charge >= 0.3 is 0 Å². The van der Waals surface area contributed by atoms with Crippen LogP contribution >= 0.6 is 0 Å². The smallest absolute Gasteiger partial charge is 0.270 e. The van der Waals surface area contributed by atoms with Crippen molar-refractivity contribution in [3.05, 3.63) is 64.3 Å². The zero-order chi connectivity index (χ0) is 20.2. The van der Waals surface area contributed by atoms with Gasteiger partial charge in [0.1, 0.15) is 5.69 Å². The van der Waals surface area contributed by atoms with Crippen molar-refractivity contribution < 1.29 is 4.79 Å². The summed E-state index contributed by atoms with van der Waals surface area (Å²) in [5.41, 5.74) is 3.19. The monoisotopic (exact) mass is 393 g/mol. The number of rotatable bonds is 6. The Hall–Kier alpha value is -2.93. The second kappa shape index (κ2) is 8.61. The zero-order valence-corrected chi connectivity index (χ0v) is 16.6. The summed E-state index contributed by atoms with van der Waals surface area (Å²) in [5.74, 6) is 0.0331. The molecule has 7 heteroatoms. The number of aromatic amines is 2. The summed E-state index contributed by atoms with van der Waals surface area (Å²) in [5, 5.41) is 3.57. The Labute approximate surface area is 169 Å². The molecule has 3 heterocycles. The predicted molar refractivity (Wildman–Crippen MR) is 113 cm³/mol. The SMILES string of the molecule is CCN(C(=O)c1cc2ncccc2[nH]1)[C@H]1CCC[C@@H](NCc2cc[nH]c(=O)c2)C1. The standard InChI is InChI=1S/C22H27N5O2/c1-2-27(22(29)20-13-19-18(26-20)7-4-9-23-19)17-6-3-5-16(12-17)25-14-15-8-10-24-21(28)11-15/h4,7-11,13,16-17,25-26H,2-3,5-6,12,14H2,1H3,(H,24,28)/t16-,17+/m1/s1. The molecule has 3 aromatic heterocycles. The van der Waals surface area contributed by atoms with Crippen LogP contribution in [0.25, 0.3) is 11.0 Å². The van der Waals surface area contributed by atoms with E-state index in [9.17, 15) is 9.59 Å².